The third kappa shape index (κ3) is 6.29. The van der Waals surface area contributed by atoms with Crippen molar-refractivity contribution in [2.24, 2.45) is 0 Å². The first-order valence-electron chi connectivity index (χ1n) is 9.37. The number of pyridine rings is 1. The van der Waals surface area contributed by atoms with Gasteiger partial charge in [-0.1, -0.05) is 26.3 Å². The van der Waals surface area contributed by atoms with Crippen LogP contribution < -0.4 is 5.32 Å². The molecule has 0 saturated heterocycles. The van der Waals surface area contributed by atoms with Crippen molar-refractivity contribution in [3.8, 4) is 0 Å². The maximum absolute atomic E-state index is 13.5. The Hall–Kier alpha value is -2.54. The van der Waals surface area contributed by atoms with Crippen LogP contribution in [0.2, 0.25) is 0 Å². The highest BCUT2D eigenvalue weighted by molar-refractivity contribution is 5.50. The summed E-state index contributed by atoms with van der Waals surface area (Å²) in [6, 6.07) is 5.67. The average molecular weight is 372 g/mol. The highest BCUT2D eigenvalue weighted by Gasteiger charge is 2.09. The number of aryl methyl sites for hydroxylation is 1. The molecule has 3 heterocycles. The third-order valence-electron chi connectivity index (χ3n) is 4.19. The average Bonchev–Trinajstić information content (AvgIpc) is 3.06. The fourth-order valence-corrected chi connectivity index (χ4v) is 2.46. The summed E-state index contributed by atoms with van der Waals surface area (Å²) in [5.74, 6) is 0.281. The Labute approximate surface area is 160 Å². The number of nitrogens with one attached hydrogen (secondary N) is 1. The van der Waals surface area contributed by atoms with Gasteiger partial charge in [0.25, 0.3) is 0 Å². The largest absolute Gasteiger partial charge is 0.366 e. The quantitative estimate of drug-likeness (QED) is 0.681. The van der Waals surface area contributed by atoms with Crippen molar-refractivity contribution in [3.05, 3.63) is 53.9 Å². The lowest BCUT2D eigenvalue weighted by molar-refractivity contribution is 0.346. The van der Waals surface area contributed by atoms with Crippen molar-refractivity contribution in [1.29, 1.82) is 0 Å². The van der Waals surface area contributed by atoms with E-state index >= 15 is 0 Å². The molecule has 1 N–H and O–H groups in total. The highest BCUT2D eigenvalue weighted by Crippen LogP contribution is 2.15. The minimum absolute atomic E-state index is 0.230. The molecule has 0 aliphatic carbocycles. The first-order valence-corrected chi connectivity index (χ1v) is 9.37. The lowest BCUT2D eigenvalue weighted by Gasteiger charge is -2.11. The molecule has 0 fully saturated rings. The number of fused-ring (bicyclic) bond motifs is 1. The van der Waals surface area contributed by atoms with E-state index in [1.165, 1.54) is 30.4 Å². The standard InChI is InChI=1S/C13H12FN5.C7H17N/c1-9-5-12(16-7-10-3-2-4-15-6-10)19-13(18-9)11(14)8-17-19;1-4-6-7-8(3)5-2/h2-6,8,16H,7H2,1H3;4-7H2,1-3H3. The van der Waals surface area contributed by atoms with Gasteiger partial charge in [0.15, 0.2) is 11.5 Å². The van der Waals surface area contributed by atoms with Gasteiger partial charge in [-0.3, -0.25) is 4.98 Å². The molecule has 0 aliphatic rings. The SMILES string of the molecule is CCCCN(C)CC.Cc1cc(NCc2cccnc2)n2ncc(F)c2n1. The molecule has 0 atom stereocenters. The Morgan fingerprint density at radius 2 is 2.07 bits per heavy atom. The Kier molecular flexibility index (Phi) is 8.13. The monoisotopic (exact) mass is 372 g/mol. The topological polar surface area (TPSA) is 58.4 Å². The van der Waals surface area contributed by atoms with E-state index < -0.39 is 5.82 Å². The first-order chi connectivity index (χ1) is 13.0. The zero-order chi connectivity index (χ0) is 19.6. The zero-order valence-electron chi connectivity index (χ0n) is 16.6. The smallest absolute Gasteiger partial charge is 0.193 e. The predicted octanol–water partition coefficient (Wildman–Crippen LogP) is 3.92. The van der Waals surface area contributed by atoms with Gasteiger partial charge in [0.2, 0.25) is 0 Å². The van der Waals surface area contributed by atoms with Crippen molar-refractivity contribution in [2.45, 2.75) is 40.2 Å². The number of rotatable bonds is 7. The van der Waals surface area contributed by atoms with Gasteiger partial charge in [0, 0.05) is 30.7 Å². The fraction of sp³-hybridized carbons (Fsp3) is 0.450. The Morgan fingerprint density at radius 3 is 2.74 bits per heavy atom. The van der Waals surface area contributed by atoms with Crippen LogP contribution in [0.25, 0.3) is 5.65 Å². The molecule has 7 heteroatoms. The Balaban J connectivity index is 0.000000279. The van der Waals surface area contributed by atoms with E-state index in [0.29, 0.717) is 12.4 Å². The maximum Gasteiger partial charge on any atom is 0.193 e. The van der Waals surface area contributed by atoms with Crippen LogP contribution in [0.1, 0.15) is 37.9 Å². The van der Waals surface area contributed by atoms with Gasteiger partial charge in [-0.05, 0) is 45.1 Å². The minimum atomic E-state index is -0.423. The fourth-order valence-electron chi connectivity index (χ4n) is 2.46. The van der Waals surface area contributed by atoms with Crippen molar-refractivity contribution in [2.75, 3.05) is 25.5 Å². The van der Waals surface area contributed by atoms with E-state index in [-0.39, 0.29) is 5.65 Å². The van der Waals surface area contributed by atoms with E-state index in [4.69, 9.17) is 0 Å². The lowest BCUT2D eigenvalue weighted by Crippen LogP contribution is -2.18. The van der Waals surface area contributed by atoms with E-state index in [0.717, 1.165) is 17.5 Å². The van der Waals surface area contributed by atoms with Gasteiger partial charge < -0.3 is 10.2 Å². The van der Waals surface area contributed by atoms with Gasteiger partial charge in [0.1, 0.15) is 5.82 Å². The van der Waals surface area contributed by atoms with Gasteiger partial charge >= 0.3 is 0 Å². The van der Waals surface area contributed by atoms with Crippen molar-refractivity contribution in [1.82, 2.24) is 24.5 Å². The van der Waals surface area contributed by atoms with E-state index in [1.807, 2.05) is 25.1 Å². The normalized spacial score (nSPS) is 10.7. The molecule has 0 amide bonds. The summed E-state index contributed by atoms with van der Waals surface area (Å²) in [4.78, 5) is 10.5. The number of hydrogen-bond acceptors (Lipinski definition) is 5. The number of unbranched alkanes of at least 4 members (excludes halogenated alkanes) is 1. The number of halogens is 1. The van der Waals surface area contributed by atoms with Crippen molar-refractivity contribution >= 4 is 11.5 Å². The summed E-state index contributed by atoms with van der Waals surface area (Å²) in [5.41, 5.74) is 2.01. The van der Waals surface area contributed by atoms with Crippen LogP contribution in [0.3, 0.4) is 0 Å². The number of hydrogen-bond donors (Lipinski definition) is 1. The summed E-state index contributed by atoms with van der Waals surface area (Å²) in [6.45, 7) is 9.27. The summed E-state index contributed by atoms with van der Waals surface area (Å²) in [7, 11) is 2.16. The molecule has 3 aromatic heterocycles. The molecule has 3 aromatic rings. The molecular weight excluding hydrogens is 343 g/mol. The molecule has 0 radical (unpaired) electrons. The van der Waals surface area contributed by atoms with Gasteiger partial charge in [0.05, 0.1) is 6.20 Å². The zero-order valence-corrected chi connectivity index (χ0v) is 16.6. The maximum atomic E-state index is 13.5. The lowest BCUT2D eigenvalue weighted by atomic mass is 10.3. The minimum Gasteiger partial charge on any atom is -0.366 e. The molecule has 146 valence electrons. The summed E-state index contributed by atoms with van der Waals surface area (Å²) < 4.78 is 14.9. The van der Waals surface area contributed by atoms with Gasteiger partial charge in [-0.25, -0.2) is 9.37 Å². The second kappa shape index (κ2) is 10.6. The van der Waals surface area contributed by atoms with Crippen LogP contribution in [-0.4, -0.2) is 44.6 Å². The van der Waals surface area contributed by atoms with Gasteiger partial charge in [-0.2, -0.15) is 9.61 Å². The molecular formula is C20H29FN6. The van der Waals surface area contributed by atoms with E-state index in [9.17, 15) is 4.39 Å². The second-order valence-electron chi connectivity index (χ2n) is 6.47. The van der Waals surface area contributed by atoms with Crippen molar-refractivity contribution in [3.63, 3.8) is 0 Å². The number of anilines is 1. The van der Waals surface area contributed by atoms with Crippen LogP contribution in [0.15, 0.2) is 36.8 Å². The molecule has 3 rings (SSSR count). The number of nitrogens with zero attached hydrogens (tertiary/aromatic N) is 5. The molecule has 0 aromatic carbocycles. The Morgan fingerprint density at radius 1 is 1.26 bits per heavy atom. The van der Waals surface area contributed by atoms with Crippen LogP contribution >= 0.6 is 0 Å². The molecule has 0 spiro atoms. The Bertz CT molecular complexity index is 818. The molecule has 0 saturated carbocycles. The van der Waals surface area contributed by atoms with Crippen LogP contribution in [0, 0.1) is 12.7 Å². The summed E-state index contributed by atoms with van der Waals surface area (Å²) in [5, 5.41) is 7.18. The molecule has 0 unspecified atom stereocenters. The highest BCUT2D eigenvalue weighted by atomic mass is 19.1. The molecule has 0 bridgehead atoms. The number of aromatic nitrogens is 4. The van der Waals surface area contributed by atoms with E-state index in [1.54, 1.807) is 12.4 Å². The van der Waals surface area contributed by atoms with Crippen LogP contribution in [0.5, 0.6) is 0 Å². The molecule has 27 heavy (non-hydrogen) atoms. The molecule has 6 nitrogen and oxygen atoms in total. The second-order valence-corrected chi connectivity index (χ2v) is 6.47. The molecule has 0 aliphatic heterocycles. The summed E-state index contributed by atoms with van der Waals surface area (Å²) in [6.07, 6.45) is 7.31. The van der Waals surface area contributed by atoms with E-state index in [2.05, 4.69) is 46.2 Å². The van der Waals surface area contributed by atoms with Crippen molar-refractivity contribution < 1.29 is 4.39 Å². The van der Waals surface area contributed by atoms with Crippen LogP contribution in [-0.2, 0) is 6.54 Å². The summed E-state index contributed by atoms with van der Waals surface area (Å²) >= 11 is 0. The van der Waals surface area contributed by atoms with Crippen LogP contribution in [0.4, 0.5) is 10.2 Å². The first kappa shape index (κ1) is 20.8. The predicted molar refractivity (Wildman–Crippen MR) is 107 cm³/mol. The third-order valence-corrected chi connectivity index (χ3v) is 4.19. The van der Waals surface area contributed by atoms with Gasteiger partial charge in [-0.15, -0.1) is 0 Å².